The minimum absolute atomic E-state index is 0.229. The van der Waals surface area contributed by atoms with E-state index in [2.05, 4.69) is 0 Å². The molecule has 2 atom stereocenters. The molecule has 1 rings (SSSR count). The molecule has 1 heterocycles. The van der Waals surface area contributed by atoms with E-state index < -0.39 is 11.2 Å². The summed E-state index contributed by atoms with van der Waals surface area (Å²) in [6.07, 6.45) is 4.99. The van der Waals surface area contributed by atoms with Crippen molar-refractivity contribution < 1.29 is 19.4 Å². The van der Waals surface area contributed by atoms with Gasteiger partial charge >= 0.3 is 0 Å². The fourth-order valence-corrected chi connectivity index (χ4v) is 2.28. The molecule has 1 aliphatic rings. The summed E-state index contributed by atoms with van der Waals surface area (Å²) in [7, 11) is 0. The number of hydrogen-bond donors (Lipinski definition) is 1. The Bertz CT molecular complexity index is 263. The van der Waals surface area contributed by atoms with Crippen LogP contribution in [-0.2, 0) is 14.3 Å². The normalized spacial score (nSPS) is 28.6. The van der Waals surface area contributed by atoms with Crippen LogP contribution in [0.25, 0.3) is 0 Å². The van der Waals surface area contributed by atoms with E-state index in [9.17, 15) is 9.90 Å². The first-order valence-corrected chi connectivity index (χ1v) is 6.92. The maximum atomic E-state index is 10.5. The van der Waals surface area contributed by atoms with Crippen LogP contribution in [0.4, 0.5) is 0 Å². The minimum atomic E-state index is -0.551. The molecule has 106 valence electrons. The summed E-state index contributed by atoms with van der Waals surface area (Å²) in [5.74, 6) is 0. The molecule has 1 aliphatic heterocycles. The Hall–Kier alpha value is -0.450. The Labute approximate surface area is 110 Å². The van der Waals surface area contributed by atoms with Gasteiger partial charge in [-0.1, -0.05) is 13.8 Å². The fourth-order valence-electron chi connectivity index (χ4n) is 2.28. The molecular weight excluding hydrogens is 232 g/mol. The molecule has 0 spiro atoms. The summed E-state index contributed by atoms with van der Waals surface area (Å²) in [6.45, 7) is 6.39. The van der Waals surface area contributed by atoms with Gasteiger partial charge in [0.1, 0.15) is 6.29 Å². The molecule has 4 heteroatoms. The molecule has 4 nitrogen and oxygen atoms in total. The van der Waals surface area contributed by atoms with Crippen LogP contribution in [0.15, 0.2) is 0 Å². The number of carbonyl (C=O) groups excluding carboxylic acids is 1. The second-order valence-electron chi connectivity index (χ2n) is 5.50. The van der Waals surface area contributed by atoms with Crippen LogP contribution in [0.5, 0.6) is 0 Å². The Balaban J connectivity index is 2.28. The second-order valence-corrected chi connectivity index (χ2v) is 5.50. The molecule has 0 aliphatic carbocycles. The van der Waals surface area contributed by atoms with Crippen molar-refractivity contribution in [2.75, 3.05) is 6.61 Å². The SMILES string of the molecule is CCC(O)(CC)CCCC1OC[C@@](C)(CC=O)O1. The third-order valence-electron chi connectivity index (χ3n) is 3.90. The van der Waals surface area contributed by atoms with Gasteiger partial charge in [0.05, 0.1) is 17.8 Å². The van der Waals surface area contributed by atoms with Gasteiger partial charge in [0.15, 0.2) is 6.29 Å². The quantitative estimate of drug-likeness (QED) is 0.679. The average Bonchev–Trinajstić information content (AvgIpc) is 2.71. The van der Waals surface area contributed by atoms with Crippen LogP contribution < -0.4 is 0 Å². The smallest absolute Gasteiger partial charge is 0.158 e. The maximum absolute atomic E-state index is 10.5. The van der Waals surface area contributed by atoms with Crippen LogP contribution >= 0.6 is 0 Å². The van der Waals surface area contributed by atoms with Gasteiger partial charge in [0.25, 0.3) is 0 Å². The molecule has 0 aromatic heterocycles. The molecule has 0 amide bonds. The lowest BCUT2D eigenvalue weighted by molar-refractivity contribution is -0.117. The molecule has 18 heavy (non-hydrogen) atoms. The van der Waals surface area contributed by atoms with Crippen LogP contribution in [0.2, 0.25) is 0 Å². The average molecular weight is 258 g/mol. The molecule has 0 aromatic carbocycles. The largest absolute Gasteiger partial charge is 0.390 e. The minimum Gasteiger partial charge on any atom is -0.390 e. The first-order chi connectivity index (χ1) is 8.47. The molecule has 0 radical (unpaired) electrons. The van der Waals surface area contributed by atoms with Gasteiger partial charge in [0.2, 0.25) is 0 Å². The molecule has 0 aromatic rings. The van der Waals surface area contributed by atoms with Gasteiger partial charge in [-0.3, -0.25) is 0 Å². The van der Waals surface area contributed by atoms with Crippen molar-refractivity contribution in [1.82, 2.24) is 0 Å². The van der Waals surface area contributed by atoms with Crippen molar-refractivity contribution in [3.05, 3.63) is 0 Å². The van der Waals surface area contributed by atoms with Gasteiger partial charge in [-0.2, -0.15) is 0 Å². The van der Waals surface area contributed by atoms with Crippen molar-refractivity contribution >= 4 is 6.29 Å². The van der Waals surface area contributed by atoms with E-state index in [4.69, 9.17) is 9.47 Å². The van der Waals surface area contributed by atoms with Gasteiger partial charge in [-0.15, -0.1) is 0 Å². The number of aldehydes is 1. The van der Waals surface area contributed by atoms with Crippen molar-refractivity contribution in [3.8, 4) is 0 Å². The lowest BCUT2D eigenvalue weighted by atomic mass is 9.91. The standard InChI is InChI=1S/C14H26O4/c1-4-14(16,5-2)8-6-7-12-17-11-13(3,18-12)9-10-15/h10,12,16H,4-9,11H2,1-3H3/t12?,13-/m1/s1. The van der Waals surface area contributed by atoms with Crippen molar-refractivity contribution in [3.63, 3.8) is 0 Å². The van der Waals surface area contributed by atoms with Gasteiger partial charge in [-0.05, 0) is 39.0 Å². The van der Waals surface area contributed by atoms with E-state index in [-0.39, 0.29) is 6.29 Å². The zero-order valence-electron chi connectivity index (χ0n) is 11.8. The first-order valence-electron chi connectivity index (χ1n) is 6.92. The van der Waals surface area contributed by atoms with Crippen molar-refractivity contribution in [1.29, 1.82) is 0 Å². The number of hydrogen-bond acceptors (Lipinski definition) is 4. The lowest BCUT2D eigenvalue weighted by Gasteiger charge is -2.25. The molecule has 0 bridgehead atoms. The van der Waals surface area contributed by atoms with Crippen LogP contribution in [-0.4, -0.2) is 35.5 Å². The Morgan fingerprint density at radius 3 is 2.67 bits per heavy atom. The molecular formula is C14H26O4. The summed E-state index contributed by atoms with van der Waals surface area (Å²) in [4.78, 5) is 10.5. The summed E-state index contributed by atoms with van der Waals surface area (Å²) >= 11 is 0. The molecule has 1 N–H and O–H groups in total. The zero-order chi connectivity index (χ0) is 13.6. The number of carbonyl (C=O) groups is 1. The lowest BCUT2D eigenvalue weighted by Crippen LogP contribution is -2.29. The molecule has 1 saturated heterocycles. The molecule has 1 unspecified atom stereocenters. The van der Waals surface area contributed by atoms with Gasteiger partial charge in [0, 0.05) is 6.42 Å². The fraction of sp³-hybridized carbons (Fsp3) is 0.929. The topological polar surface area (TPSA) is 55.8 Å². The second kappa shape index (κ2) is 6.64. The van der Waals surface area contributed by atoms with E-state index in [1.54, 1.807) is 0 Å². The highest BCUT2D eigenvalue weighted by Crippen LogP contribution is 2.29. The number of rotatable bonds is 8. The zero-order valence-corrected chi connectivity index (χ0v) is 11.8. The maximum Gasteiger partial charge on any atom is 0.158 e. The highest BCUT2D eigenvalue weighted by Gasteiger charge is 2.36. The highest BCUT2D eigenvalue weighted by atomic mass is 16.7. The Kier molecular flexibility index (Phi) is 5.76. The monoisotopic (exact) mass is 258 g/mol. The van der Waals surface area contributed by atoms with Crippen LogP contribution in [0.1, 0.15) is 59.3 Å². The van der Waals surface area contributed by atoms with Gasteiger partial charge < -0.3 is 19.4 Å². The Morgan fingerprint density at radius 1 is 1.44 bits per heavy atom. The van der Waals surface area contributed by atoms with Crippen LogP contribution in [0.3, 0.4) is 0 Å². The van der Waals surface area contributed by atoms with Crippen molar-refractivity contribution in [2.45, 2.75) is 76.8 Å². The van der Waals surface area contributed by atoms with E-state index in [0.29, 0.717) is 13.0 Å². The highest BCUT2D eigenvalue weighted by molar-refractivity contribution is 5.51. The summed E-state index contributed by atoms with van der Waals surface area (Å²) in [6, 6.07) is 0. The van der Waals surface area contributed by atoms with E-state index >= 15 is 0 Å². The summed E-state index contributed by atoms with van der Waals surface area (Å²) in [5, 5.41) is 10.2. The predicted octanol–water partition coefficient (Wildman–Crippen LogP) is 2.43. The van der Waals surface area contributed by atoms with E-state index in [1.807, 2.05) is 20.8 Å². The third kappa shape index (κ3) is 4.34. The van der Waals surface area contributed by atoms with Gasteiger partial charge in [-0.25, -0.2) is 0 Å². The summed E-state index contributed by atoms with van der Waals surface area (Å²) < 4.78 is 11.3. The van der Waals surface area contributed by atoms with Crippen molar-refractivity contribution in [2.24, 2.45) is 0 Å². The molecule has 0 saturated carbocycles. The number of ether oxygens (including phenoxy) is 2. The van der Waals surface area contributed by atoms with E-state index in [1.165, 1.54) is 0 Å². The number of aliphatic hydroxyl groups is 1. The summed E-state index contributed by atoms with van der Waals surface area (Å²) in [5.41, 5.74) is -1.01. The first kappa shape index (κ1) is 15.6. The molecule has 1 fully saturated rings. The predicted molar refractivity (Wildman–Crippen MR) is 69.3 cm³/mol. The Morgan fingerprint density at radius 2 is 2.11 bits per heavy atom. The third-order valence-corrected chi connectivity index (χ3v) is 3.90. The van der Waals surface area contributed by atoms with Crippen LogP contribution in [0, 0.1) is 0 Å². The van der Waals surface area contributed by atoms with E-state index in [0.717, 1.165) is 38.4 Å².